The topological polar surface area (TPSA) is 118 Å². The predicted molar refractivity (Wildman–Crippen MR) is 117 cm³/mol. The number of hydrogen-bond acceptors (Lipinski definition) is 5. The van der Waals surface area contributed by atoms with Crippen LogP contribution in [0, 0.1) is 20.8 Å². The highest BCUT2D eigenvalue weighted by Crippen LogP contribution is 2.23. The Morgan fingerprint density at radius 1 is 0.903 bits per heavy atom. The lowest BCUT2D eigenvalue weighted by Crippen LogP contribution is -2.41. The number of aryl methyl sites for hydroxylation is 3. The van der Waals surface area contributed by atoms with Crippen molar-refractivity contribution in [1.82, 2.24) is 10.9 Å². The van der Waals surface area contributed by atoms with Crippen LogP contribution in [0.25, 0.3) is 0 Å². The van der Waals surface area contributed by atoms with E-state index >= 15 is 0 Å². The third kappa shape index (κ3) is 5.25. The number of halogens is 1. The zero-order chi connectivity index (χ0) is 22.8. The number of hydrogen-bond donors (Lipinski definition) is 3. The van der Waals surface area contributed by atoms with E-state index in [0.29, 0.717) is 17.2 Å². The van der Waals surface area contributed by atoms with E-state index in [1.165, 1.54) is 18.2 Å². The average Bonchev–Trinajstić information content (AvgIpc) is 3.03. The zero-order valence-electron chi connectivity index (χ0n) is 16.9. The fraction of sp³-hybridized carbons (Fsp3) is 0.143. The summed E-state index contributed by atoms with van der Waals surface area (Å²) in [5.41, 5.74) is 5.91. The van der Waals surface area contributed by atoms with E-state index in [4.69, 9.17) is 16.0 Å². The molecule has 8 nitrogen and oxygen atoms in total. The van der Waals surface area contributed by atoms with E-state index in [-0.39, 0.29) is 21.0 Å². The van der Waals surface area contributed by atoms with Gasteiger partial charge in [0.05, 0.1) is 21.0 Å². The minimum atomic E-state index is -3.97. The van der Waals surface area contributed by atoms with E-state index < -0.39 is 21.8 Å². The third-order valence-corrected chi connectivity index (χ3v) is 6.05. The van der Waals surface area contributed by atoms with Gasteiger partial charge in [-0.3, -0.25) is 25.2 Å². The molecule has 0 unspecified atom stereocenters. The van der Waals surface area contributed by atoms with E-state index in [2.05, 4.69) is 15.6 Å². The lowest BCUT2D eigenvalue weighted by Gasteiger charge is -2.12. The quantitative estimate of drug-likeness (QED) is 0.500. The second-order valence-electron chi connectivity index (χ2n) is 6.85. The highest BCUT2D eigenvalue weighted by molar-refractivity contribution is 7.92. The van der Waals surface area contributed by atoms with Gasteiger partial charge in [0.25, 0.3) is 21.8 Å². The number of rotatable bonds is 5. The first-order valence-corrected chi connectivity index (χ1v) is 11.0. The maximum atomic E-state index is 12.7. The van der Waals surface area contributed by atoms with Crippen LogP contribution in [0.3, 0.4) is 0 Å². The summed E-state index contributed by atoms with van der Waals surface area (Å²) < 4.78 is 33.2. The standard InChI is InChI=1S/C21H20ClN3O5S/c1-12-5-4-6-15(9-12)25-31(28,29)16-7-8-19(22)18(11-16)21(27)24-23-20(26)17-10-13(2)30-14(17)3/h4-11,25H,1-3H3,(H,23,26)(H,24,27). The Morgan fingerprint density at radius 3 is 2.19 bits per heavy atom. The van der Waals surface area contributed by atoms with Crippen molar-refractivity contribution in [3.05, 3.63) is 81.8 Å². The molecule has 0 bridgehead atoms. The normalized spacial score (nSPS) is 11.1. The zero-order valence-corrected chi connectivity index (χ0v) is 18.5. The van der Waals surface area contributed by atoms with Gasteiger partial charge in [0.2, 0.25) is 0 Å². The highest BCUT2D eigenvalue weighted by atomic mass is 35.5. The largest absolute Gasteiger partial charge is 0.466 e. The average molecular weight is 462 g/mol. The van der Waals surface area contributed by atoms with Crippen LogP contribution in [-0.2, 0) is 10.0 Å². The summed E-state index contributed by atoms with van der Waals surface area (Å²) in [6, 6.07) is 12.1. The summed E-state index contributed by atoms with van der Waals surface area (Å²) in [6.07, 6.45) is 0. The van der Waals surface area contributed by atoms with E-state index in [1.807, 2.05) is 13.0 Å². The predicted octanol–water partition coefficient (Wildman–Crippen LogP) is 3.73. The van der Waals surface area contributed by atoms with Crippen LogP contribution >= 0.6 is 11.6 Å². The van der Waals surface area contributed by atoms with Crippen LogP contribution in [0.1, 0.15) is 37.8 Å². The summed E-state index contributed by atoms with van der Waals surface area (Å²) in [5, 5.41) is 0.0246. The number of nitrogens with one attached hydrogen (secondary N) is 3. The molecule has 162 valence electrons. The molecule has 0 saturated carbocycles. The molecule has 3 rings (SSSR count). The van der Waals surface area contributed by atoms with Crippen molar-refractivity contribution in [2.75, 3.05) is 4.72 Å². The minimum absolute atomic E-state index is 0.0246. The van der Waals surface area contributed by atoms with Gasteiger partial charge in [0, 0.05) is 5.69 Å². The van der Waals surface area contributed by atoms with Crippen LogP contribution in [0.5, 0.6) is 0 Å². The lowest BCUT2D eigenvalue weighted by molar-refractivity contribution is 0.0845. The first-order chi connectivity index (χ1) is 14.6. The Kier molecular flexibility index (Phi) is 6.37. The van der Waals surface area contributed by atoms with E-state index in [1.54, 1.807) is 32.0 Å². The summed E-state index contributed by atoms with van der Waals surface area (Å²) >= 11 is 6.08. The Balaban J connectivity index is 1.77. The molecule has 0 fully saturated rings. The molecule has 2 amide bonds. The molecule has 2 aromatic carbocycles. The molecule has 0 aliphatic rings. The second kappa shape index (κ2) is 8.83. The van der Waals surface area contributed by atoms with Crippen LogP contribution in [0.15, 0.2) is 57.8 Å². The summed E-state index contributed by atoms with van der Waals surface area (Å²) in [7, 11) is -3.97. The number of amides is 2. The van der Waals surface area contributed by atoms with Crippen molar-refractivity contribution in [1.29, 1.82) is 0 Å². The number of carbonyl (C=O) groups is 2. The molecule has 3 aromatic rings. The smallest absolute Gasteiger partial charge is 0.273 e. The molecule has 0 spiro atoms. The Morgan fingerprint density at radius 2 is 1.58 bits per heavy atom. The van der Waals surface area contributed by atoms with Gasteiger partial charge in [-0.25, -0.2) is 8.42 Å². The third-order valence-electron chi connectivity index (χ3n) is 4.34. The van der Waals surface area contributed by atoms with Crippen LogP contribution in [0.4, 0.5) is 5.69 Å². The molecule has 0 aliphatic carbocycles. The van der Waals surface area contributed by atoms with Crippen molar-refractivity contribution >= 4 is 39.1 Å². The minimum Gasteiger partial charge on any atom is -0.466 e. The molecule has 0 saturated heterocycles. The molecule has 0 aliphatic heterocycles. The maximum Gasteiger partial charge on any atom is 0.273 e. The highest BCUT2D eigenvalue weighted by Gasteiger charge is 2.20. The van der Waals surface area contributed by atoms with Gasteiger partial charge < -0.3 is 4.42 Å². The molecular formula is C21H20ClN3O5S. The van der Waals surface area contributed by atoms with Crippen molar-refractivity contribution in [2.45, 2.75) is 25.7 Å². The molecule has 0 radical (unpaired) electrons. The maximum absolute atomic E-state index is 12.7. The Labute approximate surface area is 184 Å². The summed E-state index contributed by atoms with van der Waals surface area (Å²) in [5.74, 6) is -0.402. The van der Waals surface area contributed by atoms with Crippen molar-refractivity contribution in [3.8, 4) is 0 Å². The SMILES string of the molecule is Cc1cccc(NS(=O)(=O)c2ccc(Cl)c(C(=O)NNC(=O)c3cc(C)oc3C)c2)c1. The monoisotopic (exact) mass is 461 g/mol. The van der Waals surface area contributed by atoms with Gasteiger partial charge in [-0.15, -0.1) is 0 Å². The number of furan rings is 1. The number of sulfonamides is 1. The van der Waals surface area contributed by atoms with Gasteiger partial charge >= 0.3 is 0 Å². The number of carbonyl (C=O) groups excluding carboxylic acids is 2. The fourth-order valence-electron chi connectivity index (χ4n) is 2.87. The van der Waals surface area contributed by atoms with Gasteiger partial charge in [0.15, 0.2) is 0 Å². The van der Waals surface area contributed by atoms with Gasteiger partial charge in [-0.2, -0.15) is 0 Å². The molecule has 1 aromatic heterocycles. The summed E-state index contributed by atoms with van der Waals surface area (Å²) in [4.78, 5) is 24.6. The van der Waals surface area contributed by atoms with Crippen molar-refractivity contribution < 1.29 is 22.4 Å². The van der Waals surface area contributed by atoms with Crippen molar-refractivity contribution in [3.63, 3.8) is 0 Å². The van der Waals surface area contributed by atoms with Gasteiger partial charge in [-0.05, 0) is 62.7 Å². The fourth-order valence-corrected chi connectivity index (χ4v) is 4.15. The molecular weight excluding hydrogens is 442 g/mol. The molecule has 10 heteroatoms. The first kappa shape index (κ1) is 22.4. The Hall–Kier alpha value is -3.30. The van der Waals surface area contributed by atoms with E-state index in [9.17, 15) is 18.0 Å². The lowest BCUT2D eigenvalue weighted by atomic mass is 10.2. The number of hydrazine groups is 1. The summed E-state index contributed by atoms with van der Waals surface area (Å²) in [6.45, 7) is 5.15. The van der Waals surface area contributed by atoms with Crippen LogP contribution in [0.2, 0.25) is 5.02 Å². The van der Waals surface area contributed by atoms with Gasteiger partial charge in [-0.1, -0.05) is 23.7 Å². The first-order valence-electron chi connectivity index (χ1n) is 9.13. The van der Waals surface area contributed by atoms with Crippen molar-refractivity contribution in [2.24, 2.45) is 0 Å². The number of anilines is 1. The molecule has 31 heavy (non-hydrogen) atoms. The molecule has 3 N–H and O–H groups in total. The second-order valence-corrected chi connectivity index (χ2v) is 8.94. The molecule has 1 heterocycles. The Bertz CT molecular complexity index is 1270. The van der Waals surface area contributed by atoms with Crippen LogP contribution in [-0.4, -0.2) is 20.2 Å². The van der Waals surface area contributed by atoms with E-state index in [0.717, 1.165) is 11.6 Å². The number of benzene rings is 2. The molecule has 0 atom stereocenters. The van der Waals surface area contributed by atoms with Crippen LogP contribution < -0.4 is 15.6 Å². The van der Waals surface area contributed by atoms with Gasteiger partial charge in [0.1, 0.15) is 11.5 Å².